The molecule has 0 unspecified atom stereocenters. The molecule has 0 N–H and O–H groups in total. The Hall–Kier alpha value is -1.61. The maximum absolute atomic E-state index is 12.8. The fraction of sp³-hybridized carbons (Fsp3) is 0.188. The number of hydrogen-bond acceptors (Lipinski definition) is 2. The molecule has 0 saturated heterocycles. The molecule has 0 saturated carbocycles. The third kappa shape index (κ3) is 3.67. The summed E-state index contributed by atoms with van der Waals surface area (Å²) in [7, 11) is 0. The molecule has 2 rings (SSSR count). The quantitative estimate of drug-likeness (QED) is 0.756. The Balaban J connectivity index is 2.13. The summed E-state index contributed by atoms with van der Waals surface area (Å²) in [6.07, 6.45) is 0. The number of hydrogen-bond donors (Lipinski definition) is 0. The summed E-state index contributed by atoms with van der Waals surface area (Å²) in [4.78, 5) is 12.2. The van der Waals surface area contributed by atoms with Crippen molar-refractivity contribution in [1.82, 2.24) is 0 Å². The van der Waals surface area contributed by atoms with E-state index < -0.39 is 0 Å². The molecule has 98 valence electrons. The summed E-state index contributed by atoms with van der Waals surface area (Å²) in [5, 5.41) is 0. The summed E-state index contributed by atoms with van der Waals surface area (Å²) in [5.74, 6) is 1.64. The van der Waals surface area contributed by atoms with Crippen LogP contribution in [0, 0.1) is 5.82 Å². The summed E-state index contributed by atoms with van der Waals surface area (Å²) < 4.78 is 12.8. The third-order valence-electron chi connectivity index (χ3n) is 2.80. The van der Waals surface area contributed by atoms with Gasteiger partial charge < -0.3 is 0 Å². The molecule has 19 heavy (non-hydrogen) atoms. The molecule has 0 bridgehead atoms. The first kappa shape index (κ1) is 13.8. The number of carbonyl (C=O) groups is 1. The van der Waals surface area contributed by atoms with Crippen LogP contribution in [0.5, 0.6) is 0 Å². The third-order valence-corrected chi connectivity index (χ3v) is 3.74. The highest BCUT2D eigenvalue weighted by Crippen LogP contribution is 2.15. The van der Waals surface area contributed by atoms with Crippen molar-refractivity contribution < 1.29 is 9.18 Å². The van der Waals surface area contributed by atoms with Crippen molar-refractivity contribution in [2.75, 3.05) is 5.75 Å². The first-order valence-corrected chi connectivity index (χ1v) is 7.33. The van der Waals surface area contributed by atoms with E-state index in [4.69, 9.17) is 0 Å². The molecule has 0 heterocycles. The summed E-state index contributed by atoms with van der Waals surface area (Å²) >= 11 is 1.85. The van der Waals surface area contributed by atoms with Crippen molar-refractivity contribution in [2.45, 2.75) is 12.7 Å². The molecule has 0 aliphatic carbocycles. The minimum absolute atomic E-state index is 0.0744. The number of ketones is 1. The highest BCUT2D eigenvalue weighted by atomic mass is 32.2. The number of benzene rings is 2. The van der Waals surface area contributed by atoms with E-state index in [1.54, 1.807) is 0 Å². The van der Waals surface area contributed by atoms with Crippen molar-refractivity contribution in [3.63, 3.8) is 0 Å². The van der Waals surface area contributed by atoms with Gasteiger partial charge >= 0.3 is 0 Å². The second-order valence-electron chi connectivity index (χ2n) is 4.17. The Kier molecular flexibility index (Phi) is 4.74. The molecule has 0 atom stereocenters. The maximum atomic E-state index is 12.8. The van der Waals surface area contributed by atoms with E-state index in [-0.39, 0.29) is 11.6 Å². The van der Waals surface area contributed by atoms with Gasteiger partial charge in [0.25, 0.3) is 0 Å². The lowest BCUT2D eigenvalue weighted by Gasteiger charge is -2.03. The molecule has 0 aliphatic heterocycles. The van der Waals surface area contributed by atoms with Gasteiger partial charge in [-0.25, -0.2) is 4.39 Å². The Morgan fingerprint density at radius 1 is 1.00 bits per heavy atom. The van der Waals surface area contributed by atoms with E-state index in [2.05, 4.69) is 6.92 Å². The van der Waals surface area contributed by atoms with Gasteiger partial charge in [-0.3, -0.25) is 4.79 Å². The van der Waals surface area contributed by atoms with Crippen LogP contribution < -0.4 is 0 Å². The number of thioether (sulfide) groups is 1. The molecule has 0 radical (unpaired) electrons. The van der Waals surface area contributed by atoms with Gasteiger partial charge in [-0.15, -0.1) is 0 Å². The first-order chi connectivity index (χ1) is 9.20. The Labute approximate surface area is 116 Å². The van der Waals surface area contributed by atoms with E-state index >= 15 is 0 Å². The molecule has 2 aromatic carbocycles. The zero-order valence-corrected chi connectivity index (χ0v) is 11.5. The molecule has 1 nitrogen and oxygen atoms in total. The molecule has 3 heteroatoms. The van der Waals surface area contributed by atoms with Crippen molar-refractivity contribution in [3.05, 3.63) is 71.0 Å². The van der Waals surface area contributed by atoms with E-state index in [0.29, 0.717) is 11.1 Å². The highest BCUT2D eigenvalue weighted by Gasteiger charge is 2.08. The van der Waals surface area contributed by atoms with E-state index in [9.17, 15) is 9.18 Å². The minimum Gasteiger partial charge on any atom is -0.289 e. The largest absolute Gasteiger partial charge is 0.289 e. The average molecular weight is 274 g/mol. The van der Waals surface area contributed by atoms with Crippen LogP contribution in [0.15, 0.2) is 48.5 Å². The zero-order valence-electron chi connectivity index (χ0n) is 10.7. The molecule has 0 aromatic heterocycles. The predicted octanol–water partition coefficient (Wildman–Crippen LogP) is 4.31. The van der Waals surface area contributed by atoms with Gasteiger partial charge in [0.2, 0.25) is 0 Å². The lowest BCUT2D eigenvalue weighted by Crippen LogP contribution is -2.01. The summed E-state index contributed by atoms with van der Waals surface area (Å²) in [6.45, 7) is 2.12. The Morgan fingerprint density at radius 3 is 2.05 bits per heavy atom. The van der Waals surface area contributed by atoms with Crippen LogP contribution in [0.3, 0.4) is 0 Å². The normalized spacial score (nSPS) is 10.4. The second kappa shape index (κ2) is 6.53. The van der Waals surface area contributed by atoms with Crippen molar-refractivity contribution >= 4 is 17.5 Å². The van der Waals surface area contributed by atoms with Gasteiger partial charge in [0.05, 0.1) is 0 Å². The highest BCUT2D eigenvalue weighted by molar-refractivity contribution is 7.98. The van der Waals surface area contributed by atoms with E-state index in [1.807, 2.05) is 36.0 Å². The SMILES string of the molecule is CCSCc1ccc(C(=O)c2ccc(F)cc2)cc1. The van der Waals surface area contributed by atoms with Gasteiger partial charge in [0.1, 0.15) is 5.82 Å². The smallest absolute Gasteiger partial charge is 0.193 e. The lowest BCUT2D eigenvalue weighted by molar-refractivity contribution is 0.103. The lowest BCUT2D eigenvalue weighted by atomic mass is 10.0. The molecule has 0 fully saturated rings. The van der Waals surface area contributed by atoms with Gasteiger partial charge in [-0.2, -0.15) is 11.8 Å². The first-order valence-electron chi connectivity index (χ1n) is 6.17. The van der Waals surface area contributed by atoms with Crippen LogP contribution in [-0.4, -0.2) is 11.5 Å². The van der Waals surface area contributed by atoms with Crippen LogP contribution in [0.4, 0.5) is 4.39 Å². The van der Waals surface area contributed by atoms with Gasteiger partial charge in [-0.05, 0) is 35.6 Å². The number of carbonyl (C=O) groups excluding carboxylic acids is 1. The van der Waals surface area contributed by atoms with Crippen LogP contribution in [0.25, 0.3) is 0 Å². The number of rotatable bonds is 5. The van der Waals surface area contributed by atoms with Gasteiger partial charge in [0.15, 0.2) is 5.78 Å². The molecule has 0 spiro atoms. The molecular weight excluding hydrogens is 259 g/mol. The second-order valence-corrected chi connectivity index (χ2v) is 5.44. The van der Waals surface area contributed by atoms with Gasteiger partial charge in [-0.1, -0.05) is 31.2 Å². The zero-order chi connectivity index (χ0) is 13.7. The standard InChI is InChI=1S/C16H15FOS/c1-2-19-11-12-3-5-13(6-4-12)16(18)14-7-9-15(17)10-8-14/h3-10H,2,11H2,1H3. The monoisotopic (exact) mass is 274 g/mol. The van der Waals surface area contributed by atoms with Gasteiger partial charge in [0, 0.05) is 16.9 Å². The topological polar surface area (TPSA) is 17.1 Å². The predicted molar refractivity (Wildman–Crippen MR) is 78.1 cm³/mol. The summed E-state index contributed by atoms with van der Waals surface area (Å²) in [5.41, 5.74) is 2.36. The van der Waals surface area contributed by atoms with Crippen molar-refractivity contribution in [3.8, 4) is 0 Å². The average Bonchev–Trinajstić information content (AvgIpc) is 2.46. The Morgan fingerprint density at radius 2 is 1.53 bits per heavy atom. The maximum Gasteiger partial charge on any atom is 0.193 e. The fourth-order valence-corrected chi connectivity index (χ4v) is 2.37. The van der Waals surface area contributed by atoms with E-state index in [0.717, 1.165) is 11.5 Å². The molecular formula is C16H15FOS. The van der Waals surface area contributed by atoms with Crippen LogP contribution in [0.2, 0.25) is 0 Å². The minimum atomic E-state index is -0.330. The summed E-state index contributed by atoms with van der Waals surface area (Å²) in [6, 6.07) is 13.2. The van der Waals surface area contributed by atoms with Crippen molar-refractivity contribution in [2.24, 2.45) is 0 Å². The van der Waals surface area contributed by atoms with E-state index in [1.165, 1.54) is 29.8 Å². The van der Waals surface area contributed by atoms with Crippen LogP contribution in [0.1, 0.15) is 28.4 Å². The molecule has 0 aliphatic rings. The fourth-order valence-electron chi connectivity index (χ4n) is 1.74. The Bertz CT molecular complexity index is 546. The van der Waals surface area contributed by atoms with Crippen LogP contribution >= 0.6 is 11.8 Å². The van der Waals surface area contributed by atoms with Crippen LogP contribution in [-0.2, 0) is 5.75 Å². The van der Waals surface area contributed by atoms with Crippen molar-refractivity contribution in [1.29, 1.82) is 0 Å². The molecule has 0 amide bonds. The number of halogens is 1. The molecule has 2 aromatic rings.